The summed E-state index contributed by atoms with van der Waals surface area (Å²) in [6.45, 7) is 4.92. The number of nitrogens with zero attached hydrogens (tertiary/aromatic N) is 2. The molecule has 0 bridgehead atoms. The van der Waals surface area contributed by atoms with Gasteiger partial charge in [0.15, 0.2) is 0 Å². The van der Waals surface area contributed by atoms with Gasteiger partial charge in [0.25, 0.3) is 0 Å². The Morgan fingerprint density at radius 1 is 1.50 bits per heavy atom. The van der Waals surface area contributed by atoms with Gasteiger partial charge in [-0.05, 0) is 26.7 Å². The van der Waals surface area contributed by atoms with E-state index in [1.165, 1.54) is 11.3 Å². The Morgan fingerprint density at radius 3 is 2.73 bits per heavy atom. The Morgan fingerprint density at radius 2 is 2.18 bits per heavy atom. The van der Waals surface area contributed by atoms with E-state index in [4.69, 9.17) is 9.84 Å². The third-order valence-electron chi connectivity index (χ3n) is 4.02. The van der Waals surface area contributed by atoms with Gasteiger partial charge < -0.3 is 14.7 Å². The highest BCUT2D eigenvalue weighted by Crippen LogP contribution is 2.36. The molecule has 0 aromatic carbocycles. The molecule has 2 rings (SSSR count). The highest BCUT2D eigenvalue weighted by atomic mass is 32.1. The zero-order valence-corrected chi connectivity index (χ0v) is 13.9. The number of hydrogen-bond acceptors (Lipinski definition) is 5. The largest absolute Gasteiger partial charge is 0.481 e. The van der Waals surface area contributed by atoms with Crippen molar-refractivity contribution in [2.24, 2.45) is 11.8 Å². The van der Waals surface area contributed by atoms with Gasteiger partial charge in [0.1, 0.15) is 11.1 Å². The van der Waals surface area contributed by atoms with Gasteiger partial charge >= 0.3 is 5.97 Å². The summed E-state index contributed by atoms with van der Waals surface area (Å²) in [6, 6.07) is 0. The Balaban J connectivity index is 1.93. The zero-order valence-electron chi connectivity index (χ0n) is 13.1. The number of amides is 1. The average molecular weight is 326 g/mol. The molecule has 7 heteroatoms. The van der Waals surface area contributed by atoms with Gasteiger partial charge in [-0.15, -0.1) is 11.3 Å². The second kappa shape index (κ2) is 7.19. The zero-order chi connectivity index (χ0) is 16.3. The van der Waals surface area contributed by atoms with Crippen molar-refractivity contribution >= 4 is 23.2 Å². The van der Waals surface area contributed by atoms with Gasteiger partial charge in [0, 0.05) is 19.0 Å². The first-order valence-corrected chi connectivity index (χ1v) is 8.35. The number of aromatic nitrogens is 1. The van der Waals surface area contributed by atoms with E-state index < -0.39 is 11.9 Å². The molecule has 1 aromatic rings. The Hall–Kier alpha value is -1.47. The molecule has 1 saturated carbocycles. The van der Waals surface area contributed by atoms with Crippen molar-refractivity contribution < 1.29 is 19.4 Å². The third kappa shape index (κ3) is 3.64. The summed E-state index contributed by atoms with van der Waals surface area (Å²) in [6.07, 6.45) is 1.20. The van der Waals surface area contributed by atoms with Crippen LogP contribution in [0.1, 0.15) is 43.5 Å². The van der Waals surface area contributed by atoms with Crippen molar-refractivity contribution in [3.8, 4) is 0 Å². The second-order valence-corrected chi connectivity index (χ2v) is 6.49. The number of carbonyl (C=O) groups is 2. The fraction of sp³-hybridized carbons (Fsp3) is 0.667. The summed E-state index contributed by atoms with van der Waals surface area (Å²) < 4.78 is 5.50. The van der Waals surface area contributed by atoms with Crippen molar-refractivity contribution in [2.45, 2.75) is 39.3 Å². The van der Waals surface area contributed by atoms with Gasteiger partial charge in [-0.2, -0.15) is 0 Å². The molecule has 3 unspecified atom stereocenters. The van der Waals surface area contributed by atoms with Crippen LogP contribution in [0.2, 0.25) is 0 Å². The molecule has 1 heterocycles. The molecule has 122 valence electrons. The normalized spacial score (nSPS) is 22.0. The van der Waals surface area contributed by atoms with Crippen molar-refractivity contribution in [1.82, 2.24) is 9.88 Å². The molecule has 1 fully saturated rings. The van der Waals surface area contributed by atoms with E-state index in [1.807, 2.05) is 19.2 Å². The highest BCUT2D eigenvalue weighted by Gasteiger charge is 2.42. The first-order valence-electron chi connectivity index (χ1n) is 7.47. The molecule has 3 atom stereocenters. The SMILES string of the molecule is CCOC(C)c1nc(CN(C)C(=O)C2CCC2C(=O)O)cs1. The van der Waals surface area contributed by atoms with E-state index in [0.717, 1.165) is 10.7 Å². The van der Waals surface area contributed by atoms with Crippen molar-refractivity contribution in [3.05, 3.63) is 16.1 Å². The molecule has 0 saturated heterocycles. The van der Waals surface area contributed by atoms with E-state index in [2.05, 4.69) is 4.98 Å². The minimum absolute atomic E-state index is 0.0484. The van der Waals surface area contributed by atoms with Crippen LogP contribution < -0.4 is 0 Å². The number of thiazole rings is 1. The summed E-state index contributed by atoms with van der Waals surface area (Å²) in [4.78, 5) is 29.4. The second-order valence-electron chi connectivity index (χ2n) is 5.60. The molecule has 1 aliphatic carbocycles. The lowest BCUT2D eigenvalue weighted by atomic mass is 9.73. The first-order chi connectivity index (χ1) is 10.4. The molecule has 0 aliphatic heterocycles. The minimum atomic E-state index is -0.875. The lowest BCUT2D eigenvalue weighted by molar-refractivity contribution is -0.156. The lowest BCUT2D eigenvalue weighted by Crippen LogP contribution is -2.44. The number of carbonyl (C=O) groups excluding carboxylic acids is 1. The monoisotopic (exact) mass is 326 g/mol. The van der Waals surface area contributed by atoms with Crippen LogP contribution in [-0.2, 0) is 20.9 Å². The summed E-state index contributed by atoms with van der Waals surface area (Å²) >= 11 is 1.52. The van der Waals surface area contributed by atoms with Crippen LogP contribution in [0.5, 0.6) is 0 Å². The maximum absolute atomic E-state index is 12.3. The maximum Gasteiger partial charge on any atom is 0.307 e. The topological polar surface area (TPSA) is 79.7 Å². The molecule has 22 heavy (non-hydrogen) atoms. The fourth-order valence-electron chi connectivity index (χ4n) is 2.60. The number of rotatable bonds is 7. The van der Waals surface area contributed by atoms with E-state index in [0.29, 0.717) is 26.0 Å². The van der Waals surface area contributed by atoms with Crippen LogP contribution in [0.25, 0.3) is 0 Å². The smallest absolute Gasteiger partial charge is 0.307 e. The van der Waals surface area contributed by atoms with Gasteiger partial charge in [-0.3, -0.25) is 9.59 Å². The van der Waals surface area contributed by atoms with Crippen molar-refractivity contribution in [2.75, 3.05) is 13.7 Å². The van der Waals surface area contributed by atoms with E-state index in [-0.39, 0.29) is 17.9 Å². The Labute approximate surface area is 134 Å². The molecule has 6 nitrogen and oxygen atoms in total. The van der Waals surface area contributed by atoms with Crippen molar-refractivity contribution in [1.29, 1.82) is 0 Å². The quantitative estimate of drug-likeness (QED) is 0.832. The first kappa shape index (κ1) is 16.9. The molecule has 1 N–H and O–H groups in total. The molecule has 1 aliphatic rings. The Kier molecular flexibility index (Phi) is 5.52. The third-order valence-corrected chi connectivity index (χ3v) is 5.07. The van der Waals surface area contributed by atoms with Crippen LogP contribution in [0.3, 0.4) is 0 Å². The molecular formula is C15H22N2O4S. The molecule has 0 radical (unpaired) electrons. The van der Waals surface area contributed by atoms with Crippen LogP contribution in [-0.4, -0.2) is 40.5 Å². The van der Waals surface area contributed by atoms with Crippen LogP contribution in [0.15, 0.2) is 5.38 Å². The summed E-state index contributed by atoms with van der Waals surface area (Å²) in [5.41, 5.74) is 0.814. The van der Waals surface area contributed by atoms with Gasteiger partial charge in [-0.1, -0.05) is 0 Å². The van der Waals surface area contributed by atoms with Crippen molar-refractivity contribution in [3.63, 3.8) is 0 Å². The highest BCUT2D eigenvalue weighted by molar-refractivity contribution is 7.09. The maximum atomic E-state index is 12.3. The van der Waals surface area contributed by atoms with E-state index in [1.54, 1.807) is 11.9 Å². The predicted octanol–water partition coefficient (Wildman–Crippen LogP) is 2.31. The van der Waals surface area contributed by atoms with Crippen LogP contribution >= 0.6 is 11.3 Å². The predicted molar refractivity (Wildman–Crippen MR) is 82.5 cm³/mol. The summed E-state index contributed by atoms with van der Waals surface area (Å²) in [5, 5.41) is 11.9. The van der Waals surface area contributed by atoms with Gasteiger partial charge in [0.05, 0.1) is 24.1 Å². The average Bonchev–Trinajstić information content (AvgIpc) is 2.85. The molecule has 0 spiro atoms. The van der Waals surface area contributed by atoms with Gasteiger partial charge in [-0.25, -0.2) is 4.98 Å². The summed E-state index contributed by atoms with van der Waals surface area (Å²) in [5.74, 6) is -1.90. The minimum Gasteiger partial charge on any atom is -0.481 e. The molecule has 1 amide bonds. The number of carboxylic acids is 1. The van der Waals surface area contributed by atoms with Crippen LogP contribution in [0.4, 0.5) is 0 Å². The lowest BCUT2D eigenvalue weighted by Gasteiger charge is -2.34. The molecular weight excluding hydrogens is 304 g/mol. The van der Waals surface area contributed by atoms with Gasteiger partial charge in [0.2, 0.25) is 5.91 Å². The number of hydrogen-bond donors (Lipinski definition) is 1. The fourth-order valence-corrected chi connectivity index (χ4v) is 3.41. The molecule has 1 aromatic heterocycles. The summed E-state index contributed by atoms with van der Waals surface area (Å²) in [7, 11) is 1.70. The van der Waals surface area contributed by atoms with Crippen LogP contribution in [0, 0.1) is 11.8 Å². The number of carboxylic acid groups (broad SMARTS) is 1. The Bertz CT molecular complexity index is 545. The standard InChI is InChI=1S/C15H22N2O4S/c1-4-21-9(2)13-16-10(8-22-13)7-17(3)14(18)11-5-6-12(11)15(19)20/h8-9,11-12H,4-7H2,1-3H3,(H,19,20). The van der Waals surface area contributed by atoms with E-state index in [9.17, 15) is 9.59 Å². The van der Waals surface area contributed by atoms with E-state index >= 15 is 0 Å². The number of ether oxygens (including phenoxy) is 1. The number of aliphatic carboxylic acids is 1.